The first kappa shape index (κ1) is 41.0. The van der Waals surface area contributed by atoms with Crippen LogP contribution in [-0.2, 0) is 38.8 Å². The molecule has 0 unspecified atom stereocenters. The van der Waals surface area contributed by atoms with E-state index in [0.29, 0.717) is 6.54 Å². The van der Waals surface area contributed by atoms with Crippen molar-refractivity contribution >= 4 is 56.4 Å². The van der Waals surface area contributed by atoms with Crippen LogP contribution in [0.1, 0.15) is 57.1 Å². The Morgan fingerprint density at radius 1 is 0.521 bits per heavy atom. The molecule has 48 heavy (non-hydrogen) atoms. The van der Waals surface area contributed by atoms with Gasteiger partial charge in [0.05, 0.1) is 5.69 Å². The topological polar surface area (TPSA) is 38.9 Å². The predicted octanol–water partition coefficient (Wildman–Crippen LogP) is 10.0. The van der Waals surface area contributed by atoms with Gasteiger partial charge in [0.15, 0.2) is 0 Å². The Morgan fingerprint density at radius 3 is 1.04 bits per heavy atom. The smallest absolute Gasteiger partial charge is 0 e. The van der Waals surface area contributed by atoms with Gasteiger partial charge in [-0.3, -0.25) is 4.98 Å². The van der Waals surface area contributed by atoms with E-state index in [1.165, 1.54) is 51.4 Å². The van der Waals surface area contributed by atoms with E-state index in [1.54, 1.807) is 27.4 Å². The molecule has 7 rings (SSSR count). The molecule has 2 nitrogen and oxygen atoms in total. The van der Waals surface area contributed by atoms with Gasteiger partial charge >= 0.3 is 34.5 Å². The molecule has 2 N–H and O–H groups in total. The molecule has 2 fully saturated rings. The Balaban J connectivity index is 0.000000197. The van der Waals surface area contributed by atoms with E-state index in [4.69, 9.17) is 25.1 Å². The molecule has 256 valence electrons. The first-order valence-electron chi connectivity index (χ1n) is 16.5. The minimum absolute atomic E-state index is 0. The van der Waals surface area contributed by atoms with Gasteiger partial charge < -0.3 is 5.73 Å². The molecule has 2 saturated carbocycles. The molecule has 0 aliphatic heterocycles. The number of hydrogen-bond acceptors (Lipinski definition) is 2. The number of aromatic nitrogens is 1. The summed E-state index contributed by atoms with van der Waals surface area (Å²) in [6.45, 7) is 0.529. The van der Waals surface area contributed by atoms with Crippen molar-refractivity contribution < 1.29 is 32.2 Å². The monoisotopic (exact) mass is 844 g/mol. The van der Waals surface area contributed by atoms with E-state index in [1.807, 2.05) is 18.2 Å². The summed E-state index contributed by atoms with van der Waals surface area (Å²) in [7, 11) is 9.40. The van der Waals surface area contributed by atoms with Crippen molar-refractivity contribution in [1.29, 1.82) is 0 Å². The molecule has 0 atom stereocenters. The number of nitrogens with zero attached hydrogens (tertiary/aromatic N) is 1. The number of halogens is 2. The average Bonchev–Trinajstić information content (AvgIpc) is 3.88. The molecule has 0 spiro atoms. The van der Waals surface area contributed by atoms with Gasteiger partial charge in [-0.1, -0.05) is 153 Å². The van der Waals surface area contributed by atoms with E-state index in [-0.39, 0.29) is 48.1 Å². The van der Waals surface area contributed by atoms with Crippen molar-refractivity contribution in [3.05, 3.63) is 151 Å². The molecule has 4 aromatic carbocycles. The standard InChI is InChI=1S/2C17H19P.C6H8N2.2ClH.Fe.Ru/c2*1-3-9-15(10-4-1)18(17-13-7-8-14-17)16-11-5-2-6-12-16;7-5-6-3-1-2-4-8-6;;;;/h2*1-6,9-12,17H,7-8,13-14H2;1-4H,5,7H2;2*1H;;/q;;;;;;+2/p-2. The van der Waals surface area contributed by atoms with Crippen LogP contribution >= 0.6 is 35.2 Å². The Hall–Kier alpha value is -1.43. The summed E-state index contributed by atoms with van der Waals surface area (Å²) in [5.41, 5.74) is 8.01. The second kappa shape index (κ2) is 24.7. The third kappa shape index (κ3) is 13.7. The van der Waals surface area contributed by atoms with Gasteiger partial charge in [0.25, 0.3) is 0 Å². The second-order valence-electron chi connectivity index (χ2n) is 11.5. The van der Waals surface area contributed by atoms with E-state index in [2.05, 4.69) is 126 Å². The minimum atomic E-state index is -0.346. The fourth-order valence-electron chi connectivity index (χ4n) is 6.34. The van der Waals surface area contributed by atoms with Crippen LogP contribution < -0.4 is 27.0 Å². The van der Waals surface area contributed by atoms with Crippen LogP contribution in [0.15, 0.2) is 146 Å². The predicted molar refractivity (Wildman–Crippen MR) is 206 cm³/mol. The van der Waals surface area contributed by atoms with Gasteiger partial charge in [-0.15, -0.1) is 0 Å². The summed E-state index contributed by atoms with van der Waals surface area (Å²) < 4.78 is 0. The third-order valence-corrected chi connectivity index (χ3v) is 14.4. The fourth-order valence-corrected chi connectivity index (χ4v) is 12.4. The summed E-state index contributed by atoms with van der Waals surface area (Å²) >= 11 is -0.346. The Kier molecular flexibility index (Phi) is 21.1. The molecule has 0 radical (unpaired) electrons. The van der Waals surface area contributed by atoms with Crippen molar-refractivity contribution in [2.75, 3.05) is 0 Å². The molecule has 2 aliphatic rings. The second-order valence-corrected chi connectivity index (χ2v) is 19.2. The van der Waals surface area contributed by atoms with E-state index in [9.17, 15) is 0 Å². The molecular formula is C40H46Cl2FeN2P2Ru. The summed E-state index contributed by atoms with van der Waals surface area (Å²) in [6.07, 6.45) is 13.1. The van der Waals surface area contributed by atoms with Crippen LogP contribution in [0.4, 0.5) is 0 Å². The minimum Gasteiger partial charge on any atom is -0.0622 e. The van der Waals surface area contributed by atoms with Crippen molar-refractivity contribution in [2.24, 2.45) is 5.73 Å². The number of rotatable bonds is 7. The van der Waals surface area contributed by atoms with Crippen LogP contribution in [0.5, 0.6) is 0 Å². The van der Waals surface area contributed by atoms with Crippen LogP contribution in [-0.4, -0.2) is 16.3 Å². The maximum Gasteiger partial charge on any atom is 0 e. The summed E-state index contributed by atoms with van der Waals surface area (Å²) in [6, 6.07) is 50.2. The maximum absolute atomic E-state index is 5.29. The first-order chi connectivity index (χ1) is 23.2. The zero-order chi connectivity index (χ0) is 32.9. The average molecular weight is 845 g/mol. The molecule has 2 aliphatic carbocycles. The normalized spacial score (nSPS) is 14.2. The van der Waals surface area contributed by atoms with Crippen LogP contribution in [0, 0.1) is 0 Å². The molecule has 1 aromatic heterocycles. The number of pyridine rings is 1. The molecule has 0 bridgehead atoms. The van der Waals surface area contributed by atoms with Crippen LogP contribution in [0.25, 0.3) is 0 Å². The van der Waals surface area contributed by atoms with Crippen molar-refractivity contribution in [2.45, 2.75) is 69.2 Å². The SMILES string of the molecule is NCc1ccccn1.[Cl][Ru][Cl].[Fe].c1ccc(P(c2ccccc2)C2CCCC2)cc1.c1ccc(P(c2ccccc2)C2CCCC2)cc1. The quantitative estimate of drug-likeness (QED) is 0.131. The van der Waals surface area contributed by atoms with Gasteiger partial charge in [-0.2, -0.15) is 0 Å². The number of nitrogens with two attached hydrogens (primary N) is 1. The zero-order valence-corrected chi connectivity index (χ0v) is 33.4. The molecule has 1 heterocycles. The number of hydrogen-bond donors (Lipinski definition) is 1. The van der Waals surface area contributed by atoms with E-state index >= 15 is 0 Å². The van der Waals surface area contributed by atoms with Crippen molar-refractivity contribution in [1.82, 2.24) is 4.98 Å². The molecule has 8 heteroatoms. The van der Waals surface area contributed by atoms with Gasteiger partial charge in [-0.25, -0.2) is 0 Å². The number of benzene rings is 4. The molecule has 5 aromatic rings. The maximum atomic E-state index is 5.29. The summed E-state index contributed by atoms with van der Waals surface area (Å²) in [4.78, 5) is 3.97. The summed E-state index contributed by atoms with van der Waals surface area (Å²) in [5.74, 6) is 0. The van der Waals surface area contributed by atoms with Gasteiger partial charge in [0.2, 0.25) is 0 Å². The molecule has 0 amide bonds. The Labute approximate surface area is 317 Å². The fraction of sp³-hybridized carbons (Fsp3) is 0.275. The Morgan fingerprint density at radius 2 is 0.812 bits per heavy atom. The van der Waals surface area contributed by atoms with Gasteiger partial charge in [0, 0.05) is 29.8 Å². The third-order valence-electron chi connectivity index (χ3n) is 8.45. The molecular weight excluding hydrogens is 798 g/mol. The van der Waals surface area contributed by atoms with Crippen LogP contribution in [0.3, 0.4) is 0 Å². The van der Waals surface area contributed by atoms with Gasteiger partial charge in [-0.05, 0) is 86.2 Å². The molecule has 0 saturated heterocycles. The largest absolute Gasteiger partial charge is 0.0622 e. The van der Waals surface area contributed by atoms with E-state index in [0.717, 1.165) is 17.0 Å². The first-order valence-corrected chi connectivity index (χ1v) is 23.8. The van der Waals surface area contributed by atoms with E-state index < -0.39 is 0 Å². The van der Waals surface area contributed by atoms with Crippen molar-refractivity contribution in [3.63, 3.8) is 0 Å². The van der Waals surface area contributed by atoms with Crippen LogP contribution in [0.2, 0.25) is 0 Å². The summed E-state index contributed by atoms with van der Waals surface area (Å²) in [5, 5.41) is 6.19. The Bertz CT molecular complexity index is 1310. The zero-order valence-electron chi connectivity index (χ0n) is 27.3. The van der Waals surface area contributed by atoms with Gasteiger partial charge in [0.1, 0.15) is 0 Å². The van der Waals surface area contributed by atoms with Crippen molar-refractivity contribution in [3.8, 4) is 0 Å².